The van der Waals surface area contributed by atoms with Crippen LogP contribution >= 0.6 is 20.7 Å². The van der Waals surface area contributed by atoms with Gasteiger partial charge < -0.3 is 0 Å². The minimum atomic E-state index is -0.707. The number of amides is 2. The summed E-state index contributed by atoms with van der Waals surface area (Å²) in [5.41, 5.74) is 1.26. The van der Waals surface area contributed by atoms with E-state index in [1.165, 1.54) is 0 Å². The third kappa shape index (κ3) is 3.42. The number of anilines is 1. The van der Waals surface area contributed by atoms with Gasteiger partial charge in [0.2, 0.25) is 11.8 Å². The molecule has 21 heavy (non-hydrogen) atoms. The van der Waals surface area contributed by atoms with Gasteiger partial charge in [-0.15, -0.1) is 20.7 Å². The number of rotatable bonds is 3. The summed E-state index contributed by atoms with van der Waals surface area (Å²) in [6.45, 7) is 0. The molecule has 1 aliphatic rings. The van der Waals surface area contributed by atoms with Crippen LogP contribution in [0, 0.1) is 11.3 Å². The molecule has 1 aromatic carbocycles. The number of hydrogen-bond acceptors (Lipinski definition) is 4. The third-order valence-electron chi connectivity index (χ3n) is 3.16. The maximum absolute atomic E-state index is 12.4. The Bertz CT molecular complexity index is 646. The summed E-state index contributed by atoms with van der Waals surface area (Å²) in [7, 11) is 0. The molecule has 5 nitrogen and oxygen atoms in total. The van der Waals surface area contributed by atoms with Gasteiger partial charge in [0.05, 0.1) is 28.5 Å². The summed E-state index contributed by atoms with van der Waals surface area (Å²) in [4.78, 5) is 37.3. The van der Waals surface area contributed by atoms with Crippen LogP contribution in [0.25, 0.3) is 0 Å². The largest absolute Gasteiger partial charge is 0.299 e. The van der Waals surface area contributed by atoms with Crippen LogP contribution in [0.15, 0.2) is 24.3 Å². The molecule has 0 spiro atoms. The molecule has 1 aromatic rings. The Morgan fingerprint density at radius 2 is 1.95 bits per heavy atom. The van der Waals surface area contributed by atoms with Gasteiger partial charge in [-0.05, 0) is 17.7 Å². The molecule has 1 aliphatic heterocycles. The Labute approximate surface area is 132 Å². The zero-order valence-electron chi connectivity index (χ0n) is 11.2. The number of benzene rings is 1. The lowest BCUT2D eigenvalue weighted by Gasteiger charge is -2.20. The molecule has 1 heterocycles. The Morgan fingerprint density at radius 3 is 2.52 bits per heavy atom. The second-order valence-corrected chi connectivity index (χ2v) is 6.99. The highest BCUT2D eigenvalue weighted by Gasteiger charge is 2.35. The molecule has 2 amide bonds. The van der Waals surface area contributed by atoms with Crippen molar-refractivity contribution in [2.24, 2.45) is 0 Å². The lowest BCUT2D eigenvalue weighted by Crippen LogP contribution is -2.39. The minimum absolute atomic E-state index is 0.115. The van der Waals surface area contributed by atoms with Gasteiger partial charge in [-0.3, -0.25) is 14.4 Å². The lowest BCUT2D eigenvalue weighted by molar-refractivity contribution is -0.126. The molecule has 1 fully saturated rings. The van der Waals surface area contributed by atoms with Crippen molar-refractivity contribution in [1.29, 1.82) is 5.26 Å². The van der Waals surface area contributed by atoms with Gasteiger partial charge in [0.25, 0.3) is 0 Å². The van der Waals surface area contributed by atoms with Gasteiger partial charge in [-0.25, -0.2) is 4.90 Å². The fourth-order valence-electron chi connectivity index (χ4n) is 2.12. The summed E-state index contributed by atoms with van der Waals surface area (Å²) in [5.74, 6) is -1.02. The first-order valence-electron chi connectivity index (χ1n) is 6.28. The standard InChI is InChI=1S/C15H13IN2O3/c1-16-13-8-12(19)9-14(20)18(15(13)21)11-4-2-10(3-5-11)6-7-17/h2-5,13H,1,6,8-9H2. The van der Waals surface area contributed by atoms with E-state index in [1.807, 2.05) is 6.07 Å². The third-order valence-corrected chi connectivity index (χ3v) is 5.19. The highest BCUT2D eigenvalue weighted by molar-refractivity contribution is 14.2. The first-order valence-corrected chi connectivity index (χ1v) is 9.05. The van der Waals surface area contributed by atoms with Crippen LogP contribution in [0.5, 0.6) is 0 Å². The lowest BCUT2D eigenvalue weighted by atomic mass is 10.1. The van der Waals surface area contributed by atoms with Crippen LogP contribution in [0.1, 0.15) is 18.4 Å². The molecule has 0 bridgehead atoms. The van der Waals surface area contributed by atoms with Crippen LogP contribution in [0.2, 0.25) is 0 Å². The van der Waals surface area contributed by atoms with Gasteiger partial charge in [0, 0.05) is 6.42 Å². The molecule has 0 N–H and O–H groups in total. The molecule has 108 valence electrons. The van der Waals surface area contributed by atoms with Crippen molar-refractivity contribution in [3.8, 4) is 6.07 Å². The van der Waals surface area contributed by atoms with E-state index in [0.717, 1.165) is 10.5 Å². The van der Waals surface area contributed by atoms with E-state index < -0.39 is 30.6 Å². The summed E-state index contributed by atoms with van der Waals surface area (Å²) in [6, 6.07) is 8.72. The normalized spacial score (nSPS) is 19.3. The molecule has 0 saturated carbocycles. The quantitative estimate of drug-likeness (QED) is 0.338. The van der Waals surface area contributed by atoms with Gasteiger partial charge in [-0.1, -0.05) is 16.6 Å². The highest BCUT2D eigenvalue weighted by Crippen LogP contribution is 2.26. The van der Waals surface area contributed by atoms with Crippen molar-refractivity contribution >= 4 is 48.5 Å². The van der Waals surface area contributed by atoms with Crippen molar-refractivity contribution in [2.45, 2.75) is 23.2 Å². The SMILES string of the molecule is C=IC1CC(=O)CC(=O)N(c2ccc(CC#N)cc2)C1=O. The fraction of sp³-hybridized carbons (Fsp3) is 0.267. The number of hydrogen-bond donors (Lipinski definition) is 0. The maximum atomic E-state index is 12.4. The van der Waals surface area contributed by atoms with Crippen LogP contribution in [-0.4, -0.2) is 26.0 Å². The van der Waals surface area contributed by atoms with Crippen LogP contribution in [0.3, 0.4) is 0 Å². The average Bonchev–Trinajstić information content (AvgIpc) is 2.56. The van der Waals surface area contributed by atoms with Crippen molar-refractivity contribution in [2.75, 3.05) is 4.90 Å². The molecule has 0 aromatic heterocycles. The number of ketones is 1. The van der Waals surface area contributed by atoms with E-state index in [1.54, 1.807) is 24.3 Å². The van der Waals surface area contributed by atoms with Crippen LogP contribution < -0.4 is 4.90 Å². The molecule has 0 aliphatic carbocycles. The Balaban J connectivity index is 2.36. The highest BCUT2D eigenvalue weighted by atomic mass is 127. The monoisotopic (exact) mass is 396 g/mol. The number of Topliss-reactive ketones (excluding diaryl/α,β-unsaturated/α-hetero) is 1. The molecular formula is C15H13IN2O3. The number of carbonyl (C=O) groups excluding carboxylic acids is 3. The topological polar surface area (TPSA) is 78.2 Å². The van der Waals surface area contributed by atoms with Gasteiger partial charge in [0.15, 0.2) is 0 Å². The van der Waals surface area contributed by atoms with E-state index >= 15 is 0 Å². The van der Waals surface area contributed by atoms with Crippen LogP contribution in [0.4, 0.5) is 5.69 Å². The summed E-state index contributed by atoms with van der Waals surface area (Å²) in [5, 5.41) is 8.65. The number of carbonyl (C=O) groups is 3. The zero-order chi connectivity index (χ0) is 15.4. The molecular weight excluding hydrogens is 383 g/mol. The first-order chi connectivity index (χ1) is 10.1. The fourth-order valence-corrected chi connectivity index (χ4v) is 3.57. The van der Waals surface area contributed by atoms with Crippen molar-refractivity contribution < 1.29 is 14.4 Å². The minimum Gasteiger partial charge on any atom is -0.299 e. The Morgan fingerprint density at radius 1 is 1.29 bits per heavy atom. The first kappa shape index (κ1) is 15.5. The molecule has 1 unspecified atom stereocenters. The van der Waals surface area contributed by atoms with Crippen molar-refractivity contribution in [3.05, 3.63) is 29.8 Å². The number of nitriles is 1. The molecule has 1 saturated heterocycles. The summed E-state index contributed by atoms with van der Waals surface area (Å²) in [6.07, 6.45) is 0.143. The predicted octanol–water partition coefficient (Wildman–Crippen LogP) is 1.75. The molecule has 6 heteroatoms. The van der Waals surface area contributed by atoms with Gasteiger partial charge >= 0.3 is 0 Å². The summed E-state index contributed by atoms with van der Waals surface area (Å²) >= 11 is -0.707. The number of imide groups is 1. The van der Waals surface area contributed by atoms with E-state index in [2.05, 4.69) is 4.51 Å². The zero-order valence-corrected chi connectivity index (χ0v) is 13.4. The van der Waals surface area contributed by atoms with Crippen LogP contribution in [-0.2, 0) is 20.8 Å². The maximum Gasteiger partial charge on any atom is 0.246 e. The molecule has 1 atom stereocenters. The van der Waals surface area contributed by atoms with E-state index in [-0.39, 0.29) is 31.0 Å². The Kier molecular flexibility index (Phi) is 4.96. The predicted molar refractivity (Wildman–Crippen MR) is 87.4 cm³/mol. The van der Waals surface area contributed by atoms with E-state index in [4.69, 9.17) is 5.26 Å². The number of nitrogens with zero attached hydrogens (tertiary/aromatic N) is 2. The van der Waals surface area contributed by atoms with Gasteiger partial charge in [-0.2, -0.15) is 5.26 Å². The second-order valence-electron chi connectivity index (χ2n) is 4.61. The molecule has 2 rings (SSSR count). The van der Waals surface area contributed by atoms with E-state index in [9.17, 15) is 14.4 Å². The van der Waals surface area contributed by atoms with Gasteiger partial charge in [0.1, 0.15) is 5.78 Å². The van der Waals surface area contributed by atoms with E-state index in [0.29, 0.717) is 5.69 Å². The summed E-state index contributed by atoms with van der Waals surface area (Å²) < 4.78 is 3.35. The smallest absolute Gasteiger partial charge is 0.246 e. The average molecular weight is 396 g/mol. The van der Waals surface area contributed by atoms with Crippen molar-refractivity contribution in [3.63, 3.8) is 0 Å². The second kappa shape index (κ2) is 6.72. The number of halogens is 1. The van der Waals surface area contributed by atoms with Crippen molar-refractivity contribution in [1.82, 2.24) is 0 Å². The number of alkyl halides is 1. The Hall–Kier alpha value is -1.88. The molecule has 0 radical (unpaired) electrons.